The first-order valence-corrected chi connectivity index (χ1v) is 17.8. The third-order valence-corrected chi connectivity index (χ3v) is 9.56. The van der Waals surface area contributed by atoms with Crippen molar-refractivity contribution in [1.29, 1.82) is 0 Å². The van der Waals surface area contributed by atoms with Crippen molar-refractivity contribution in [3.8, 4) is 11.5 Å². The van der Waals surface area contributed by atoms with Gasteiger partial charge in [0.25, 0.3) is 0 Å². The van der Waals surface area contributed by atoms with Crippen LogP contribution in [0.1, 0.15) is 106 Å². The van der Waals surface area contributed by atoms with E-state index in [9.17, 15) is 24.0 Å². The van der Waals surface area contributed by atoms with Crippen molar-refractivity contribution in [3.63, 3.8) is 0 Å². The van der Waals surface area contributed by atoms with Crippen molar-refractivity contribution < 1.29 is 43.0 Å². The first kappa shape index (κ1) is 39.1. The number of nitrogens with one attached hydrogen (secondary N) is 1. The highest BCUT2D eigenvalue weighted by molar-refractivity contribution is 6.38. The molecule has 2 fully saturated rings. The molecule has 2 aliphatic heterocycles. The van der Waals surface area contributed by atoms with Crippen LogP contribution in [0.4, 0.5) is 4.79 Å². The molecule has 1 saturated heterocycles. The Morgan fingerprint density at radius 1 is 1.08 bits per heavy atom. The summed E-state index contributed by atoms with van der Waals surface area (Å²) < 4.78 is 16.7. The molecule has 4 rings (SSSR count). The molecule has 3 aliphatic rings. The van der Waals surface area contributed by atoms with E-state index in [0.717, 1.165) is 12.8 Å². The summed E-state index contributed by atoms with van der Waals surface area (Å²) in [6.45, 7) is 14.5. The summed E-state index contributed by atoms with van der Waals surface area (Å²) in [7, 11) is 1.52. The molecule has 2 heterocycles. The minimum absolute atomic E-state index is 0.0139. The van der Waals surface area contributed by atoms with Gasteiger partial charge in [0.15, 0.2) is 17.2 Å². The Hall–Kier alpha value is -3.67. The van der Waals surface area contributed by atoms with E-state index < -0.39 is 58.2 Å². The molecule has 0 aromatic heterocycles. The number of nitrogens with zero attached hydrogens (tertiary/aromatic N) is 2. The van der Waals surface area contributed by atoms with E-state index in [0.29, 0.717) is 46.7 Å². The van der Waals surface area contributed by atoms with Crippen molar-refractivity contribution in [3.05, 3.63) is 22.7 Å². The van der Waals surface area contributed by atoms with Crippen molar-refractivity contribution in [1.82, 2.24) is 10.2 Å². The lowest BCUT2D eigenvalue weighted by molar-refractivity contribution is -0.143. The van der Waals surface area contributed by atoms with Crippen LogP contribution in [-0.4, -0.2) is 83.5 Å². The molecular formula is C37H52ClN3O9. The van der Waals surface area contributed by atoms with E-state index in [1.807, 2.05) is 27.7 Å². The van der Waals surface area contributed by atoms with Gasteiger partial charge in [-0.2, -0.15) is 0 Å². The van der Waals surface area contributed by atoms with Gasteiger partial charge < -0.3 is 29.3 Å². The molecule has 1 aliphatic carbocycles. The summed E-state index contributed by atoms with van der Waals surface area (Å²) >= 11 is 6.53. The number of amides is 2. The average molecular weight is 718 g/mol. The Bertz CT molecular complexity index is 1520. The Kier molecular flexibility index (Phi) is 12.0. The summed E-state index contributed by atoms with van der Waals surface area (Å²) in [5, 5.41) is 7.51. The normalized spacial score (nSPS) is 21.6. The number of oxime groups is 1. The van der Waals surface area contributed by atoms with Gasteiger partial charge in [0.1, 0.15) is 23.1 Å². The Labute approximate surface area is 299 Å². The van der Waals surface area contributed by atoms with Crippen molar-refractivity contribution >= 4 is 46.7 Å². The summed E-state index contributed by atoms with van der Waals surface area (Å²) in [4.78, 5) is 75.0. The van der Waals surface area contributed by atoms with Gasteiger partial charge in [-0.15, -0.1) is 0 Å². The minimum atomic E-state index is -1.09. The Morgan fingerprint density at radius 2 is 1.76 bits per heavy atom. The zero-order valence-corrected chi connectivity index (χ0v) is 31.5. The van der Waals surface area contributed by atoms with Crippen LogP contribution in [0.25, 0.3) is 0 Å². The number of hydrogen-bond donors (Lipinski definition) is 1. The van der Waals surface area contributed by atoms with E-state index in [2.05, 4.69) is 10.5 Å². The molecule has 1 aromatic carbocycles. The fourth-order valence-electron chi connectivity index (χ4n) is 6.58. The van der Waals surface area contributed by atoms with Crippen molar-refractivity contribution in [2.75, 3.05) is 20.3 Å². The minimum Gasteiger partial charge on any atom is -0.496 e. The fourth-order valence-corrected chi connectivity index (χ4v) is 6.80. The molecule has 1 saturated carbocycles. The number of carbonyl (C=O) groups is 5. The molecule has 276 valence electrons. The van der Waals surface area contributed by atoms with Crippen LogP contribution in [0.15, 0.2) is 17.3 Å². The predicted molar refractivity (Wildman–Crippen MR) is 188 cm³/mol. The molecule has 13 heteroatoms. The van der Waals surface area contributed by atoms with Crippen LogP contribution in [0, 0.1) is 17.3 Å². The number of Topliss-reactive ketones (excluding diaryl/α,β-unsaturated/α-hetero) is 3. The van der Waals surface area contributed by atoms with Gasteiger partial charge in [-0.1, -0.05) is 57.3 Å². The fraction of sp³-hybridized carbons (Fsp3) is 0.676. The lowest BCUT2D eigenvalue weighted by Gasteiger charge is -2.36. The van der Waals surface area contributed by atoms with E-state index in [1.165, 1.54) is 12.0 Å². The third kappa shape index (κ3) is 9.35. The molecule has 0 radical (unpaired) electrons. The maximum Gasteiger partial charge on any atom is 0.408 e. The third-order valence-electron chi connectivity index (χ3n) is 9.26. The number of alkyl carbamates (subject to hydrolysis) is 1. The van der Waals surface area contributed by atoms with Gasteiger partial charge in [0.05, 0.1) is 37.0 Å². The lowest BCUT2D eigenvalue weighted by atomic mass is 9.84. The van der Waals surface area contributed by atoms with E-state index in [4.69, 9.17) is 30.6 Å². The molecule has 50 heavy (non-hydrogen) atoms. The largest absolute Gasteiger partial charge is 0.496 e. The number of likely N-dealkylation sites (tertiary alicyclic amines) is 1. The zero-order chi connectivity index (χ0) is 37.2. The van der Waals surface area contributed by atoms with Crippen LogP contribution in [0.3, 0.4) is 0 Å². The lowest BCUT2D eigenvalue weighted by Crippen LogP contribution is -2.57. The molecule has 2 amide bonds. The molecule has 1 N–H and O–H groups in total. The second-order valence-corrected chi connectivity index (χ2v) is 16.1. The van der Waals surface area contributed by atoms with Crippen molar-refractivity contribution in [2.45, 2.75) is 124 Å². The maximum atomic E-state index is 14.5. The number of ether oxygens (including phenoxy) is 3. The topological polar surface area (TPSA) is 150 Å². The van der Waals surface area contributed by atoms with Gasteiger partial charge in [0.2, 0.25) is 11.7 Å². The monoisotopic (exact) mass is 717 g/mol. The molecule has 1 spiro atoms. The highest BCUT2D eigenvalue weighted by atomic mass is 35.5. The van der Waals surface area contributed by atoms with Crippen molar-refractivity contribution in [2.24, 2.45) is 22.4 Å². The second-order valence-electron chi connectivity index (χ2n) is 15.7. The molecule has 1 aromatic rings. The van der Waals surface area contributed by atoms with Crippen LogP contribution >= 0.6 is 11.6 Å². The number of carbonyl (C=O) groups excluding carboxylic acids is 5. The highest BCUT2D eigenvalue weighted by Crippen LogP contribution is 2.44. The quantitative estimate of drug-likeness (QED) is 0.226. The highest BCUT2D eigenvalue weighted by Gasteiger charge is 2.56. The average Bonchev–Trinajstić information content (AvgIpc) is 3.63. The van der Waals surface area contributed by atoms with Gasteiger partial charge in [-0.3, -0.25) is 19.2 Å². The smallest absolute Gasteiger partial charge is 0.408 e. The van der Waals surface area contributed by atoms with Crippen LogP contribution in [-0.2, 0) is 28.8 Å². The standard InChI is InChI=1S/C37H52ClN3O9/c1-10-27(42)31(44)22(14-21-12-13-21)15-28(43)26-19-37(18-25(40-50-37)23-16-24(38)30(48-11-2)17-29(23)47-9)20-41(26)33(45)32(35(3,4)5)39-34(46)49-36(6,7)8/h16-17,21-22,26,32H,10-15,18-20H2,1-9H3,(H,39,46)/t22-,26+,32-,37-/m1/s1. The summed E-state index contributed by atoms with van der Waals surface area (Å²) in [5.41, 5.74) is -1.58. The number of ketones is 3. The van der Waals surface area contributed by atoms with Crippen LogP contribution in [0.5, 0.6) is 11.5 Å². The Balaban J connectivity index is 1.67. The molecule has 12 nitrogen and oxygen atoms in total. The maximum absolute atomic E-state index is 14.5. The zero-order valence-electron chi connectivity index (χ0n) is 30.8. The van der Waals surface area contributed by atoms with Gasteiger partial charge in [-0.05, 0) is 51.5 Å². The van der Waals surface area contributed by atoms with Gasteiger partial charge >= 0.3 is 6.09 Å². The van der Waals surface area contributed by atoms with Gasteiger partial charge in [-0.25, -0.2) is 4.79 Å². The van der Waals surface area contributed by atoms with Crippen LogP contribution < -0.4 is 14.8 Å². The number of hydrogen-bond acceptors (Lipinski definition) is 10. The van der Waals surface area contributed by atoms with E-state index >= 15 is 0 Å². The Morgan fingerprint density at radius 3 is 2.32 bits per heavy atom. The van der Waals surface area contributed by atoms with E-state index in [1.54, 1.807) is 39.8 Å². The SMILES string of the molecule is CCOc1cc(OC)c(C2=NO[C@]3(C2)C[C@@H](C(=O)C[C@@H](CC2CC2)C(=O)C(=O)CC)N(C(=O)[C@@H](NC(=O)OC(C)(C)C)C(C)(C)C)C3)cc1Cl. The molecule has 4 atom stereocenters. The number of benzene rings is 1. The van der Waals surface area contributed by atoms with E-state index in [-0.39, 0.29) is 38.0 Å². The predicted octanol–water partition coefficient (Wildman–Crippen LogP) is 6.07. The number of rotatable bonds is 14. The number of methoxy groups -OCH3 is 1. The van der Waals surface area contributed by atoms with Crippen LogP contribution in [0.2, 0.25) is 5.02 Å². The molecular weight excluding hydrogens is 666 g/mol. The first-order valence-electron chi connectivity index (χ1n) is 17.5. The van der Waals surface area contributed by atoms with Gasteiger partial charge in [0, 0.05) is 43.2 Å². The summed E-state index contributed by atoms with van der Waals surface area (Å²) in [6.07, 6.45) is 1.78. The summed E-state index contributed by atoms with van der Waals surface area (Å²) in [6, 6.07) is 1.29. The second kappa shape index (κ2) is 15.3. The number of halogens is 1. The first-order chi connectivity index (χ1) is 23.3. The molecule has 0 bridgehead atoms. The molecule has 0 unspecified atom stereocenters. The summed E-state index contributed by atoms with van der Waals surface area (Å²) in [5.74, 6) is -1.44.